The Morgan fingerprint density at radius 3 is 2.78 bits per heavy atom. The summed E-state index contributed by atoms with van der Waals surface area (Å²) in [6.07, 6.45) is 4.16. The number of pyridine rings is 1. The molecule has 2 rings (SSSR count). The second-order valence-corrected chi connectivity index (χ2v) is 4.49. The van der Waals surface area contributed by atoms with Crippen LogP contribution in [0.1, 0.15) is 12.8 Å². The summed E-state index contributed by atoms with van der Waals surface area (Å²) in [4.78, 5) is 22.7. The van der Waals surface area contributed by atoms with Gasteiger partial charge in [-0.05, 0) is 31.4 Å². The van der Waals surface area contributed by atoms with Crippen molar-refractivity contribution in [1.29, 1.82) is 0 Å². The molecule has 1 amide bonds. The lowest BCUT2D eigenvalue weighted by atomic mass is 10.4. The molecule has 1 aliphatic carbocycles. The molecule has 1 heterocycles. The molecule has 0 radical (unpaired) electrons. The van der Waals surface area contributed by atoms with Crippen LogP contribution < -0.4 is 16.2 Å². The Balaban J connectivity index is 0.00000162. The van der Waals surface area contributed by atoms with Gasteiger partial charge in [-0.2, -0.15) is 0 Å². The number of aromatic nitrogens is 1. The number of hydrogen-bond acceptors (Lipinski definition) is 3. The van der Waals surface area contributed by atoms with Gasteiger partial charge in [0.25, 0.3) is 0 Å². The van der Waals surface area contributed by atoms with Crippen LogP contribution in [0.4, 0.5) is 5.69 Å². The molecule has 0 aromatic carbocycles. The van der Waals surface area contributed by atoms with Crippen LogP contribution in [0.3, 0.4) is 0 Å². The Morgan fingerprint density at radius 1 is 1.44 bits per heavy atom. The van der Waals surface area contributed by atoms with Crippen LogP contribution in [-0.4, -0.2) is 23.6 Å². The van der Waals surface area contributed by atoms with Crippen LogP contribution in [-0.2, 0) is 11.8 Å². The van der Waals surface area contributed by atoms with Gasteiger partial charge >= 0.3 is 0 Å². The summed E-state index contributed by atoms with van der Waals surface area (Å²) in [6, 6.07) is 3.05. The zero-order valence-corrected chi connectivity index (χ0v) is 11.1. The van der Waals surface area contributed by atoms with Gasteiger partial charge < -0.3 is 15.2 Å². The maximum Gasteiger partial charge on any atom is 0.250 e. The first kappa shape index (κ1) is 14.7. The van der Waals surface area contributed by atoms with Crippen molar-refractivity contribution < 1.29 is 4.79 Å². The molecular formula is C12H18ClN3O2. The average Bonchev–Trinajstić information content (AvgIpc) is 3.07. The van der Waals surface area contributed by atoms with Crippen molar-refractivity contribution in [3.8, 4) is 0 Å². The minimum Gasteiger partial charge on any atom is -0.324 e. The fourth-order valence-electron chi connectivity index (χ4n) is 1.58. The normalized spacial score (nSPS) is 13.8. The Morgan fingerprint density at radius 2 is 2.17 bits per heavy atom. The highest BCUT2D eigenvalue weighted by molar-refractivity contribution is 5.92. The standard InChI is InChI=1S/C12H17N3O2.ClH/c1-15-8-10(4-5-12(15)17)14-11(16)7-13-6-9-2-3-9;/h4-5,8-9,13H,2-3,6-7H2,1H3,(H,14,16);1H. The summed E-state index contributed by atoms with van der Waals surface area (Å²) >= 11 is 0. The third kappa shape index (κ3) is 4.50. The molecule has 1 saturated carbocycles. The Hall–Kier alpha value is -1.33. The molecule has 1 aliphatic rings. The molecule has 0 spiro atoms. The minimum absolute atomic E-state index is 0. The zero-order valence-electron chi connectivity index (χ0n) is 10.3. The Labute approximate surface area is 112 Å². The van der Waals surface area contributed by atoms with Crippen molar-refractivity contribution in [2.75, 3.05) is 18.4 Å². The predicted octanol–water partition coefficient (Wildman–Crippen LogP) is 0.745. The summed E-state index contributed by atoms with van der Waals surface area (Å²) in [7, 11) is 1.66. The molecule has 1 aromatic heterocycles. The average molecular weight is 272 g/mol. The van der Waals surface area contributed by atoms with Gasteiger partial charge in [-0.25, -0.2) is 0 Å². The molecular weight excluding hydrogens is 254 g/mol. The number of nitrogens with zero attached hydrogens (tertiary/aromatic N) is 1. The molecule has 1 aromatic rings. The van der Waals surface area contributed by atoms with Crippen molar-refractivity contribution in [3.05, 3.63) is 28.7 Å². The summed E-state index contributed by atoms with van der Waals surface area (Å²) in [5, 5.41) is 5.86. The van der Waals surface area contributed by atoms with Crippen LogP contribution >= 0.6 is 12.4 Å². The van der Waals surface area contributed by atoms with E-state index in [2.05, 4.69) is 10.6 Å². The molecule has 100 valence electrons. The molecule has 6 heteroatoms. The molecule has 18 heavy (non-hydrogen) atoms. The molecule has 0 atom stereocenters. The Bertz CT molecular complexity index is 469. The molecule has 0 unspecified atom stereocenters. The van der Waals surface area contributed by atoms with Crippen molar-refractivity contribution in [3.63, 3.8) is 0 Å². The Kier molecular flexibility index (Phi) is 5.37. The van der Waals surface area contributed by atoms with Crippen LogP contribution in [0.5, 0.6) is 0 Å². The number of amides is 1. The smallest absolute Gasteiger partial charge is 0.250 e. The number of hydrogen-bond donors (Lipinski definition) is 2. The molecule has 0 bridgehead atoms. The van der Waals surface area contributed by atoms with Gasteiger partial charge in [-0.1, -0.05) is 0 Å². The highest BCUT2D eigenvalue weighted by Gasteiger charge is 2.20. The largest absolute Gasteiger partial charge is 0.324 e. The van der Waals surface area contributed by atoms with E-state index in [0.717, 1.165) is 12.5 Å². The van der Waals surface area contributed by atoms with E-state index in [1.807, 2.05) is 0 Å². The predicted molar refractivity (Wildman–Crippen MR) is 73.2 cm³/mol. The number of carbonyl (C=O) groups excluding carboxylic acids is 1. The fraction of sp³-hybridized carbons (Fsp3) is 0.500. The van der Waals surface area contributed by atoms with Gasteiger partial charge in [0.1, 0.15) is 0 Å². The van der Waals surface area contributed by atoms with Crippen molar-refractivity contribution >= 4 is 24.0 Å². The lowest BCUT2D eigenvalue weighted by molar-refractivity contribution is -0.115. The second kappa shape index (κ2) is 6.56. The highest BCUT2D eigenvalue weighted by Crippen LogP contribution is 2.27. The van der Waals surface area contributed by atoms with Crippen LogP contribution in [0, 0.1) is 5.92 Å². The summed E-state index contributed by atoms with van der Waals surface area (Å²) in [6.45, 7) is 1.24. The number of rotatable bonds is 5. The number of aryl methyl sites for hydroxylation is 1. The van der Waals surface area contributed by atoms with E-state index in [1.165, 1.54) is 23.5 Å². The maximum absolute atomic E-state index is 11.5. The number of anilines is 1. The van der Waals surface area contributed by atoms with Gasteiger partial charge in [0.2, 0.25) is 11.5 Å². The number of halogens is 1. The van der Waals surface area contributed by atoms with E-state index < -0.39 is 0 Å². The van der Waals surface area contributed by atoms with Gasteiger partial charge in [-0.15, -0.1) is 12.4 Å². The minimum atomic E-state index is -0.0881. The first-order chi connectivity index (χ1) is 8.15. The van der Waals surface area contributed by atoms with E-state index in [4.69, 9.17) is 0 Å². The number of nitrogens with one attached hydrogen (secondary N) is 2. The van der Waals surface area contributed by atoms with Gasteiger partial charge in [0.05, 0.1) is 12.2 Å². The van der Waals surface area contributed by atoms with E-state index in [1.54, 1.807) is 19.3 Å². The third-order valence-corrected chi connectivity index (χ3v) is 2.79. The van der Waals surface area contributed by atoms with E-state index in [0.29, 0.717) is 12.2 Å². The zero-order chi connectivity index (χ0) is 12.3. The lowest BCUT2D eigenvalue weighted by Gasteiger charge is -2.07. The van der Waals surface area contributed by atoms with Gasteiger partial charge in [0.15, 0.2) is 0 Å². The molecule has 1 fully saturated rings. The second-order valence-electron chi connectivity index (χ2n) is 4.49. The first-order valence-corrected chi connectivity index (χ1v) is 5.82. The van der Waals surface area contributed by atoms with Crippen molar-refractivity contribution in [1.82, 2.24) is 9.88 Å². The maximum atomic E-state index is 11.5. The molecule has 0 aliphatic heterocycles. The molecule has 0 saturated heterocycles. The lowest BCUT2D eigenvalue weighted by Crippen LogP contribution is -2.29. The summed E-state index contributed by atoms with van der Waals surface area (Å²) in [5.41, 5.74) is 0.556. The topological polar surface area (TPSA) is 63.1 Å². The first-order valence-electron chi connectivity index (χ1n) is 5.82. The van der Waals surface area contributed by atoms with Gasteiger partial charge in [-0.3, -0.25) is 9.59 Å². The van der Waals surface area contributed by atoms with Gasteiger partial charge in [0, 0.05) is 19.3 Å². The van der Waals surface area contributed by atoms with Crippen LogP contribution in [0.2, 0.25) is 0 Å². The van der Waals surface area contributed by atoms with Crippen molar-refractivity contribution in [2.24, 2.45) is 13.0 Å². The monoisotopic (exact) mass is 271 g/mol. The molecule has 5 nitrogen and oxygen atoms in total. The fourth-order valence-corrected chi connectivity index (χ4v) is 1.58. The van der Waals surface area contributed by atoms with E-state index in [9.17, 15) is 9.59 Å². The van der Waals surface area contributed by atoms with E-state index >= 15 is 0 Å². The number of carbonyl (C=O) groups is 1. The summed E-state index contributed by atoms with van der Waals surface area (Å²) in [5.74, 6) is 0.685. The van der Waals surface area contributed by atoms with E-state index in [-0.39, 0.29) is 23.9 Å². The van der Waals surface area contributed by atoms with Crippen molar-refractivity contribution in [2.45, 2.75) is 12.8 Å². The quantitative estimate of drug-likeness (QED) is 0.831. The summed E-state index contributed by atoms with van der Waals surface area (Å²) < 4.78 is 1.44. The molecule has 2 N–H and O–H groups in total. The van der Waals surface area contributed by atoms with Crippen LogP contribution in [0.15, 0.2) is 23.1 Å². The van der Waals surface area contributed by atoms with Crippen LogP contribution in [0.25, 0.3) is 0 Å². The SMILES string of the molecule is Cl.Cn1cc(NC(=O)CNCC2CC2)ccc1=O. The highest BCUT2D eigenvalue weighted by atomic mass is 35.5. The third-order valence-electron chi connectivity index (χ3n) is 2.79.